The predicted octanol–water partition coefficient (Wildman–Crippen LogP) is 2.52. The number of piperidine rings is 1. The van der Waals surface area contributed by atoms with Gasteiger partial charge in [-0.2, -0.15) is 0 Å². The Labute approximate surface area is 94.7 Å². The first-order valence-electron chi connectivity index (χ1n) is 6.36. The third kappa shape index (κ3) is 3.76. The van der Waals surface area contributed by atoms with E-state index in [2.05, 4.69) is 25.7 Å². The highest BCUT2D eigenvalue weighted by molar-refractivity contribution is 4.81. The second kappa shape index (κ2) is 5.31. The molecule has 1 rings (SSSR count). The van der Waals surface area contributed by atoms with E-state index in [0.29, 0.717) is 0 Å². The maximum Gasteiger partial charge on any atom is 0.0575 e. The molecule has 0 aromatic carbocycles. The molecule has 1 N–H and O–H groups in total. The summed E-state index contributed by atoms with van der Waals surface area (Å²) < 4.78 is 0. The van der Waals surface area contributed by atoms with Crippen LogP contribution < -0.4 is 0 Å². The van der Waals surface area contributed by atoms with Crippen LogP contribution in [-0.4, -0.2) is 35.7 Å². The number of hydrogen-bond donors (Lipinski definition) is 1. The Bertz CT molecular complexity index is 189. The van der Waals surface area contributed by atoms with E-state index < -0.39 is 0 Å². The molecular formula is C13H27NO. The summed E-state index contributed by atoms with van der Waals surface area (Å²) in [5, 5.41) is 9.71. The lowest BCUT2D eigenvalue weighted by Crippen LogP contribution is -2.44. The summed E-state index contributed by atoms with van der Waals surface area (Å²) in [7, 11) is 0. The van der Waals surface area contributed by atoms with Gasteiger partial charge in [-0.1, -0.05) is 27.2 Å². The Hall–Kier alpha value is -0.0800. The van der Waals surface area contributed by atoms with Crippen molar-refractivity contribution >= 4 is 0 Å². The van der Waals surface area contributed by atoms with Gasteiger partial charge in [0.1, 0.15) is 0 Å². The van der Waals surface area contributed by atoms with Crippen molar-refractivity contribution in [3.63, 3.8) is 0 Å². The summed E-state index contributed by atoms with van der Waals surface area (Å²) in [6, 6.07) is 0. The summed E-state index contributed by atoms with van der Waals surface area (Å²) in [5.41, 5.74) is 0.0234. The molecule has 0 radical (unpaired) electrons. The van der Waals surface area contributed by atoms with E-state index in [1.165, 1.54) is 32.4 Å². The molecule has 2 heteroatoms. The molecule has 90 valence electrons. The van der Waals surface area contributed by atoms with Crippen LogP contribution in [0.15, 0.2) is 0 Å². The second-order valence-electron chi connectivity index (χ2n) is 5.82. The molecule has 1 aliphatic heterocycles. The van der Waals surface area contributed by atoms with Crippen molar-refractivity contribution in [2.75, 3.05) is 19.6 Å². The van der Waals surface area contributed by atoms with Crippen LogP contribution in [-0.2, 0) is 0 Å². The smallest absolute Gasteiger partial charge is 0.0575 e. The van der Waals surface area contributed by atoms with E-state index in [-0.39, 0.29) is 11.5 Å². The van der Waals surface area contributed by atoms with Gasteiger partial charge >= 0.3 is 0 Å². The van der Waals surface area contributed by atoms with Gasteiger partial charge in [0.15, 0.2) is 0 Å². The molecule has 2 atom stereocenters. The molecule has 1 heterocycles. The Morgan fingerprint density at radius 2 is 2.13 bits per heavy atom. The molecule has 1 fully saturated rings. The zero-order valence-electron chi connectivity index (χ0n) is 10.8. The van der Waals surface area contributed by atoms with E-state index in [0.717, 1.165) is 12.5 Å². The van der Waals surface area contributed by atoms with E-state index in [1.54, 1.807) is 0 Å². The summed E-state index contributed by atoms with van der Waals surface area (Å²) in [6.07, 6.45) is 3.79. The first-order chi connectivity index (χ1) is 6.95. The first-order valence-corrected chi connectivity index (χ1v) is 6.36. The van der Waals surface area contributed by atoms with Crippen molar-refractivity contribution < 1.29 is 5.11 Å². The van der Waals surface area contributed by atoms with Crippen LogP contribution >= 0.6 is 0 Å². The van der Waals surface area contributed by atoms with Gasteiger partial charge in [0.2, 0.25) is 0 Å². The van der Waals surface area contributed by atoms with Crippen molar-refractivity contribution in [1.82, 2.24) is 4.90 Å². The lowest BCUT2D eigenvalue weighted by Gasteiger charge is -2.39. The molecule has 0 spiro atoms. The Morgan fingerprint density at radius 3 is 2.67 bits per heavy atom. The predicted molar refractivity (Wildman–Crippen MR) is 64.9 cm³/mol. The molecular weight excluding hydrogens is 186 g/mol. The quantitative estimate of drug-likeness (QED) is 0.775. The number of hydrogen-bond acceptors (Lipinski definition) is 2. The maximum atomic E-state index is 9.71. The SMILES string of the molecule is CCC1CCCN(CC(C)(C)C(C)O)C1. The average molecular weight is 213 g/mol. The molecule has 0 amide bonds. The lowest BCUT2D eigenvalue weighted by molar-refractivity contribution is 0.0221. The third-order valence-electron chi connectivity index (χ3n) is 3.94. The molecule has 2 unspecified atom stereocenters. The standard InChI is InChI=1S/C13H27NO/c1-5-12-7-6-8-14(9-12)10-13(3,4)11(2)15/h11-12,15H,5-10H2,1-4H3. The van der Waals surface area contributed by atoms with Crippen molar-refractivity contribution in [1.29, 1.82) is 0 Å². The average Bonchev–Trinajstić information content (AvgIpc) is 2.17. The summed E-state index contributed by atoms with van der Waals surface area (Å²) >= 11 is 0. The third-order valence-corrected chi connectivity index (χ3v) is 3.94. The van der Waals surface area contributed by atoms with Crippen LogP contribution in [0, 0.1) is 11.3 Å². The minimum atomic E-state index is -0.223. The molecule has 1 saturated heterocycles. The van der Waals surface area contributed by atoms with Crippen molar-refractivity contribution in [2.24, 2.45) is 11.3 Å². The fraction of sp³-hybridized carbons (Fsp3) is 1.00. The second-order valence-corrected chi connectivity index (χ2v) is 5.82. The molecule has 15 heavy (non-hydrogen) atoms. The molecule has 0 aromatic heterocycles. The van der Waals surface area contributed by atoms with Crippen molar-refractivity contribution in [3.05, 3.63) is 0 Å². The van der Waals surface area contributed by atoms with E-state index in [9.17, 15) is 5.11 Å². The van der Waals surface area contributed by atoms with E-state index in [4.69, 9.17) is 0 Å². The van der Waals surface area contributed by atoms with Gasteiger partial charge in [0.25, 0.3) is 0 Å². The van der Waals surface area contributed by atoms with Gasteiger partial charge in [-0.05, 0) is 32.2 Å². The minimum Gasteiger partial charge on any atom is -0.393 e. The number of aliphatic hydroxyl groups is 1. The van der Waals surface area contributed by atoms with E-state index in [1.807, 2.05) is 6.92 Å². The lowest BCUT2D eigenvalue weighted by atomic mass is 9.85. The Morgan fingerprint density at radius 1 is 1.47 bits per heavy atom. The monoisotopic (exact) mass is 213 g/mol. The van der Waals surface area contributed by atoms with E-state index >= 15 is 0 Å². The maximum absolute atomic E-state index is 9.71. The normalized spacial score (nSPS) is 26.6. The highest BCUT2D eigenvalue weighted by atomic mass is 16.3. The van der Waals surface area contributed by atoms with Crippen LogP contribution in [0.2, 0.25) is 0 Å². The van der Waals surface area contributed by atoms with Crippen LogP contribution in [0.5, 0.6) is 0 Å². The number of nitrogens with zero attached hydrogens (tertiary/aromatic N) is 1. The van der Waals surface area contributed by atoms with Gasteiger partial charge < -0.3 is 10.0 Å². The minimum absolute atomic E-state index is 0.0234. The number of rotatable bonds is 4. The number of likely N-dealkylation sites (tertiary alicyclic amines) is 1. The molecule has 0 aromatic rings. The van der Waals surface area contributed by atoms with Crippen molar-refractivity contribution in [3.8, 4) is 0 Å². The summed E-state index contributed by atoms with van der Waals surface area (Å²) in [6.45, 7) is 12.0. The van der Waals surface area contributed by atoms with Crippen LogP contribution in [0.3, 0.4) is 0 Å². The van der Waals surface area contributed by atoms with Crippen LogP contribution in [0.1, 0.15) is 47.0 Å². The van der Waals surface area contributed by atoms with Gasteiger partial charge in [-0.25, -0.2) is 0 Å². The van der Waals surface area contributed by atoms with Gasteiger partial charge in [0, 0.05) is 18.5 Å². The Balaban J connectivity index is 2.44. The fourth-order valence-corrected chi connectivity index (χ4v) is 2.34. The zero-order chi connectivity index (χ0) is 11.5. The molecule has 1 aliphatic rings. The largest absolute Gasteiger partial charge is 0.393 e. The molecule has 0 bridgehead atoms. The highest BCUT2D eigenvalue weighted by Crippen LogP contribution is 2.26. The van der Waals surface area contributed by atoms with Crippen LogP contribution in [0.4, 0.5) is 0 Å². The molecule has 0 saturated carbocycles. The topological polar surface area (TPSA) is 23.5 Å². The first kappa shape index (κ1) is 13.0. The molecule has 0 aliphatic carbocycles. The van der Waals surface area contributed by atoms with Crippen LogP contribution in [0.25, 0.3) is 0 Å². The molecule has 2 nitrogen and oxygen atoms in total. The van der Waals surface area contributed by atoms with Crippen molar-refractivity contribution in [2.45, 2.75) is 53.1 Å². The summed E-state index contributed by atoms with van der Waals surface area (Å²) in [4.78, 5) is 2.53. The summed E-state index contributed by atoms with van der Waals surface area (Å²) in [5.74, 6) is 0.878. The fourth-order valence-electron chi connectivity index (χ4n) is 2.34. The number of aliphatic hydroxyl groups excluding tert-OH is 1. The van der Waals surface area contributed by atoms with Gasteiger partial charge in [-0.3, -0.25) is 0 Å². The van der Waals surface area contributed by atoms with Gasteiger partial charge in [0.05, 0.1) is 6.10 Å². The van der Waals surface area contributed by atoms with Gasteiger partial charge in [-0.15, -0.1) is 0 Å². The zero-order valence-corrected chi connectivity index (χ0v) is 10.8. The highest BCUT2D eigenvalue weighted by Gasteiger charge is 2.29. The Kier molecular flexibility index (Phi) is 4.60.